The van der Waals surface area contributed by atoms with Gasteiger partial charge < -0.3 is 14.6 Å². The van der Waals surface area contributed by atoms with Gasteiger partial charge in [0.1, 0.15) is 6.33 Å². The van der Waals surface area contributed by atoms with Crippen molar-refractivity contribution in [2.75, 3.05) is 17.2 Å². The molecule has 1 aliphatic heterocycles. The zero-order valence-corrected chi connectivity index (χ0v) is 21.4. The van der Waals surface area contributed by atoms with Crippen molar-refractivity contribution in [2.24, 2.45) is 0 Å². The van der Waals surface area contributed by atoms with Crippen molar-refractivity contribution < 1.29 is 9.53 Å². The summed E-state index contributed by atoms with van der Waals surface area (Å²) in [7, 11) is 0. The number of anilines is 2. The highest BCUT2D eigenvalue weighted by Gasteiger charge is 2.24. The Kier molecular flexibility index (Phi) is 5.86. The van der Waals surface area contributed by atoms with Gasteiger partial charge in [-0.1, -0.05) is 35.6 Å². The van der Waals surface area contributed by atoms with E-state index in [1.807, 2.05) is 18.3 Å². The van der Waals surface area contributed by atoms with Crippen molar-refractivity contribution >= 4 is 39.4 Å². The molecule has 7 rings (SSSR count). The zero-order valence-electron chi connectivity index (χ0n) is 20.6. The zero-order chi connectivity index (χ0) is 25.5. The Hall–Kier alpha value is -4.09. The molecule has 2 aliphatic rings. The van der Waals surface area contributed by atoms with Crippen LogP contribution in [-0.2, 0) is 24.1 Å². The molecule has 0 unspecified atom stereocenters. The Morgan fingerprint density at radius 1 is 1.16 bits per heavy atom. The molecule has 38 heavy (non-hydrogen) atoms. The van der Waals surface area contributed by atoms with E-state index < -0.39 is 0 Å². The number of rotatable bonds is 7. The van der Waals surface area contributed by atoms with Gasteiger partial charge in [0.2, 0.25) is 5.95 Å². The first-order valence-corrected chi connectivity index (χ1v) is 13.6. The number of H-pyrrole nitrogens is 1. The Balaban J connectivity index is 1.19. The summed E-state index contributed by atoms with van der Waals surface area (Å²) in [5.74, 6) is 0.874. The van der Waals surface area contributed by atoms with Crippen LogP contribution in [0.2, 0.25) is 0 Å². The monoisotopic (exact) mass is 526 g/mol. The summed E-state index contributed by atoms with van der Waals surface area (Å²) >= 11 is 1.61. The fraction of sp³-hybridized carbons (Fsp3) is 0.296. The molecular formula is C27H26N8O2S. The molecule has 1 fully saturated rings. The topological polar surface area (TPSA) is 123 Å². The third-order valence-corrected chi connectivity index (χ3v) is 8.10. The standard InChI is InChI=1S/C27H26N8O2S/c36-25(33-26-29-15-30-34-26)18-7-8-21-22(12-18)35(14-20-6-3-9-37-20)24(32-21)23-13-28-27(38-23)31-19-10-16-4-1-2-5-17(16)11-19/h1-2,4-5,7-8,12-13,15,19-20H,3,6,9-11,14H2,(H,28,31)(H2,29,30,33,34,36)/t20-/m0/s1. The first kappa shape index (κ1) is 23.1. The predicted octanol–water partition coefficient (Wildman–Crippen LogP) is 4.29. The largest absolute Gasteiger partial charge is 0.376 e. The average Bonchev–Trinajstić information content (AvgIpc) is 3.75. The SMILES string of the molecule is O=C(Nc1ncn[nH]1)c1ccc2nc(-c3cnc(NC4Cc5ccccc5C4)s3)n(C[C@@H]3CCCO3)c2c1. The van der Waals surface area contributed by atoms with Crippen LogP contribution in [0.3, 0.4) is 0 Å². The molecule has 0 saturated carbocycles. The second-order valence-corrected chi connectivity index (χ2v) is 10.8. The molecule has 1 atom stereocenters. The smallest absolute Gasteiger partial charge is 0.258 e. The number of aromatic nitrogens is 6. The second kappa shape index (κ2) is 9.66. The van der Waals surface area contributed by atoms with Crippen LogP contribution < -0.4 is 10.6 Å². The summed E-state index contributed by atoms with van der Waals surface area (Å²) < 4.78 is 8.13. The van der Waals surface area contributed by atoms with Gasteiger partial charge >= 0.3 is 0 Å². The maximum atomic E-state index is 12.9. The van der Waals surface area contributed by atoms with Gasteiger partial charge in [-0.3, -0.25) is 10.1 Å². The van der Waals surface area contributed by atoms with Crippen LogP contribution in [0.15, 0.2) is 55.0 Å². The number of carbonyl (C=O) groups excluding carboxylic acids is 1. The molecule has 3 N–H and O–H groups in total. The molecule has 5 aromatic rings. The van der Waals surface area contributed by atoms with E-state index >= 15 is 0 Å². The molecule has 4 heterocycles. The second-order valence-electron chi connectivity index (χ2n) is 9.72. The van der Waals surface area contributed by atoms with Crippen LogP contribution in [-0.4, -0.2) is 54.4 Å². The highest BCUT2D eigenvalue weighted by Crippen LogP contribution is 2.34. The first-order chi connectivity index (χ1) is 18.7. The van der Waals surface area contributed by atoms with Crippen LogP contribution in [0.5, 0.6) is 0 Å². The molecule has 10 nitrogen and oxygen atoms in total. The Labute approximate surface area is 222 Å². The van der Waals surface area contributed by atoms with Gasteiger partial charge in [0.25, 0.3) is 5.91 Å². The van der Waals surface area contributed by atoms with E-state index in [1.165, 1.54) is 17.5 Å². The number of benzene rings is 2. The number of thiazole rings is 1. The molecule has 3 aromatic heterocycles. The molecule has 1 amide bonds. The Bertz CT molecular complexity index is 1580. The van der Waals surface area contributed by atoms with E-state index in [0.717, 1.165) is 59.2 Å². The lowest BCUT2D eigenvalue weighted by atomic mass is 10.1. The predicted molar refractivity (Wildman–Crippen MR) is 145 cm³/mol. The van der Waals surface area contributed by atoms with E-state index in [9.17, 15) is 4.79 Å². The third-order valence-electron chi connectivity index (χ3n) is 7.17. The molecule has 0 spiro atoms. The van der Waals surface area contributed by atoms with Gasteiger partial charge in [-0.05, 0) is 55.0 Å². The van der Waals surface area contributed by atoms with E-state index in [1.54, 1.807) is 17.4 Å². The molecule has 11 heteroatoms. The van der Waals surface area contributed by atoms with Crippen molar-refractivity contribution in [3.05, 3.63) is 71.7 Å². The van der Waals surface area contributed by atoms with Gasteiger partial charge in [-0.25, -0.2) is 15.1 Å². The quantitative estimate of drug-likeness (QED) is 0.289. The molecule has 0 bridgehead atoms. The number of imidazole rings is 1. The number of nitrogens with one attached hydrogen (secondary N) is 3. The number of aromatic amines is 1. The molecule has 1 saturated heterocycles. The number of ether oxygens (including phenoxy) is 1. The lowest BCUT2D eigenvalue weighted by molar-refractivity contribution is 0.0983. The van der Waals surface area contributed by atoms with Crippen molar-refractivity contribution in [1.82, 2.24) is 29.7 Å². The normalized spacial score (nSPS) is 17.2. The van der Waals surface area contributed by atoms with Crippen molar-refractivity contribution in [1.29, 1.82) is 0 Å². The highest BCUT2D eigenvalue weighted by molar-refractivity contribution is 7.18. The van der Waals surface area contributed by atoms with E-state index in [-0.39, 0.29) is 12.0 Å². The van der Waals surface area contributed by atoms with Gasteiger partial charge in [0, 0.05) is 18.2 Å². The van der Waals surface area contributed by atoms with Crippen molar-refractivity contribution in [3.63, 3.8) is 0 Å². The summed E-state index contributed by atoms with van der Waals surface area (Å²) in [4.78, 5) is 27.5. The lowest BCUT2D eigenvalue weighted by Crippen LogP contribution is -2.19. The Morgan fingerprint density at radius 2 is 2.03 bits per heavy atom. The lowest BCUT2D eigenvalue weighted by Gasteiger charge is -2.14. The number of nitrogens with zero attached hydrogens (tertiary/aromatic N) is 5. The van der Waals surface area contributed by atoms with Crippen LogP contribution >= 0.6 is 11.3 Å². The van der Waals surface area contributed by atoms with E-state index in [0.29, 0.717) is 24.1 Å². The van der Waals surface area contributed by atoms with E-state index in [2.05, 4.69) is 54.6 Å². The number of hydrogen-bond donors (Lipinski definition) is 3. The molecule has 2 aromatic carbocycles. The van der Waals surface area contributed by atoms with Crippen LogP contribution in [0.1, 0.15) is 34.3 Å². The van der Waals surface area contributed by atoms with E-state index in [4.69, 9.17) is 14.7 Å². The summed E-state index contributed by atoms with van der Waals surface area (Å²) in [6, 6.07) is 14.5. The van der Waals surface area contributed by atoms with Gasteiger partial charge in [0.05, 0.1) is 34.8 Å². The Morgan fingerprint density at radius 3 is 2.79 bits per heavy atom. The van der Waals surface area contributed by atoms with Crippen molar-refractivity contribution in [3.8, 4) is 10.7 Å². The molecule has 192 valence electrons. The summed E-state index contributed by atoms with van der Waals surface area (Å²) in [6.07, 6.45) is 7.41. The number of amides is 1. The maximum absolute atomic E-state index is 12.9. The van der Waals surface area contributed by atoms with Crippen LogP contribution in [0.4, 0.5) is 11.1 Å². The minimum Gasteiger partial charge on any atom is -0.376 e. The fourth-order valence-corrected chi connectivity index (χ4v) is 6.25. The maximum Gasteiger partial charge on any atom is 0.258 e. The molecule has 0 radical (unpaired) electrons. The molecule has 1 aliphatic carbocycles. The highest BCUT2D eigenvalue weighted by atomic mass is 32.1. The minimum absolute atomic E-state index is 0.111. The van der Waals surface area contributed by atoms with Gasteiger partial charge in [0.15, 0.2) is 11.0 Å². The van der Waals surface area contributed by atoms with Crippen LogP contribution in [0.25, 0.3) is 21.7 Å². The van der Waals surface area contributed by atoms with Crippen molar-refractivity contribution in [2.45, 2.75) is 44.4 Å². The number of fused-ring (bicyclic) bond motifs is 2. The molecular weight excluding hydrogens is 500 g/mol. The van der Waals surface area contributed by atoms with Gasteiger partial charge in [-0.2, -0.15) is 10.1 Å². The summed E-state index contributed by atoms with van der Waals surface area (Å²) in [5, 5.41) is 13.7. The number of carbonyl (C=O) groups is 1. The fourth-order valence-electron chi connectivity index (χ4n) is 5.35. The third kappa shape index (κ3) is 4.44. The van der Waals surface area contributed by atoms with Gasteiger partial charge in [-0.15, -0.1) is 0 Å². The minimum atomic E-state index is -0.267. The summed E-state index contributed by atoms with van der Waals surface area (Å²) in [5.41, 5.74) is 5.03. The first-order valence-electron chi connectivity index (χ1n) is 12.8. The summed E-state index contributed by atoms with van der Waals surface area (Å²) in [6.45, 7) is 1.44. The number of hydrogen-bond acceptors (Lipinski definition) is 8. The average molecular weight is 527 g/mol. The van der Waals surface area contributed by atoms with Crippen LogP contribution in [0, 0.1) is 0 Å².